The molecule has 29 heavy (non-hydrogen) atoms. The van der Waals surface area contributed by atoms with E-state index in [0.29, 0.717) is 25.3 Å². The largest absolute Gasteiger partial charge is 0.489 e. The van der Waals surface area contributed by atoms with Gasteiger partial charge in [0.2, 0.25) is 5.91 Å². The van der Waals surface area contributed by atoms with Gasteiger partial charge in [0.05, 0.1) is 0 Å². The monoisotopic (exact) mass is 388 g/mol. The third kappa shape index (κ3) is 4.99. The number of fused-ring (bicyclic) bond motifs is 1. The topological polar surface area (TPSA) is 68.3 Å². The molecule has 5 heteroatoms. The van der Waals surface area contributed by atoms with Gasteiger partial charge in [0.15, 0.2) is 5.78 Å². The molecule has 5 nitrogen and oxygen atoms in total. The number of allylic oxidation sites excluding steroid dienone is 2. The fourth-order valence-electron chi connectivity index (χ4n) is 3.65. The summed E-state index contributed by atoms with van der Waals surface area (Å²) in [5.41, 5.74) is 3.15. The highest BCUT2D eigenvalue weighted by atomic mass is 16.5. The molecule has 0 radical (unpaired) electrons. The van der Waals surface area contributed by atoms with Crippen molar-refractivity contribution in [3.63, 3.8) is 0 Å². The number of carbonyl (C=O) groups excluding carboxylic acids is 2. The molecular weight excluding hydrogens is 364 g/mol. The smallest absolute Gasteiger partial charge is 0.225 e. The number of nitrogens with one attached hydrogen (secondary N) is 1. The number of ketones is 1. The second-order valence-electron chi connectivity index (χ2n) is 7.50. The Kier molecular flexibility index (Phi) is 5.84. The third-order valence-electron chi connectivity index (χ3n) is 5.38. The average molecular weight is 388 g/mol. The third-order valence-corrected chi connectivity index (χ3v) is 5.38. The molecule has 1 aromatic carbocycles. The van der Waals surface area contributed by atoms with Gasteiger partial charge >= 0.3 is 0 Å². The predicted molar refractivity (Wildman–Crippen MR) is 113 cm³/mol. The van der Waals surface area contributed by atoms with Crippen molar-refractivity contribution in [1.82, 2.24) is 4.98 Å². The highest BCUT2D eigenvalue weighted by Gasteiger charge is 2.20. The van der Waals surface area contributed by atoms with E-state index >= 15 is 0 Å². The maximum absolute atomic E-state index is 12.6. The van der Waals surface area contributed by atoms with Crippen LogP contribution in [-0.2, 0) is 16.0 Å². The van der Waals surface area contributed by atoms with Gasteiger partial charge in [-0.15, -0.1) is 0 Å². The van der Waals surface area contributed by atoms with Crippen LogP contribution < -0.4 is 10.1 Å². The number of ether oxygens (including phenoxy) is 1. The van der Waals surface area contributed by atoms with Crippen LogP contribution in [0.1, 0.15) is 36.8 Å². The van der Waals surface area contributed by atoms with Crippen LogP contribution in [0, 0.1) is 5.92 Å². The molecule has 2 heterocycles. The van der Waals surface area contributed by atoms with E-state index in [1.54, 1.807) is 12.3 Å². The number of hydrogen-bond donors (Lipinski definition) is 1. The van der Waals surface area contributed by atoms with Crippen LogP contribution in [0.3, 0.4) is 0 Å². The molecule has 0 saturated carbocycles. The summed E-state index contributed by atoms with van der Waals surface area (Å²) in [5.74, 6) is 1.68. The Balaban J connectivity index is 1.30. The highest BCUT2D eigenvalue weighted by molar-refractivity contribution is 5.96. The number of aryl methyl sites for hydroxylation is 1. The number of nitrogens with zero attached hydrogens (tertiary/aromatic N) is 1. The molecule has 4 rings (SSSR count). The van der Waals surface area contributed by atoms with Crippen molar-refractivity contribution in [3.05, 3.63) is 71.4 Å². The normalized spacial score (nSPS) is 18.7. The summed E-state index contributed by atoms with van der Waals surface area (Å²) >= 11 is 0. The van der Waals surface area contributed by atoms with Crippen molar-refractivity contribution < 1.29 is 14.3 Å². The van der Waals surface area contributed by atoms with Crippen molar-refractivity contribution in [2.24, 2.45) is 5.92 Å². The van der Waals surface area contributed by atoms with Crippen LogP contribution >= 0.6 is 0 Å². The van der Waals surface area contributed by atoms with E-state index in [2.05, 4.69) is 16.4 Å². The molecule has 1 aliphatic heterocycles. The molecule has 2 aliphatic rings. The lowest BCUT2D eigenvalue weighted by atomic mass is 9.86. The second kappa shape index (κ2) is 8.86. The molecule has 0 fully saturated rings. The SMILES string of the molecule is O=C1CCc2cc(C=CC(=O)C3CC=C(COc4ccccc4)CC3)cnc2N1. The molecule has 148 valence electrons. The molecule has 1 aromatic heterocycles. The quantitative estimate of drug-likeness (QED) is 0.590. The van der Waals surface area contributed by atoms with Gasteiger partial charge in [-0.25, -0.2) is 4.98 Å². The van der Waals surface area contributed by atoms with E-state index in [-0.39, 0.29) is 17.6 Å². The number of anilines is 1. The Labute approximate surface area is 170 Å². The van der Waals surface area contributed by atoms with Crippen molar-refractivity contribution in [1.29, 1.82) is 0 Å². The molecule has 1 amide bonds. The number of carbonyl (C=O) groups is 2. The summed E-state index contributed by atoms with van der Waals surface area (Å²) in [6.07, 6.45) is 11.0. The van der Waals surface area contributed by atoms with E-state index in [4.69, 9.17) is 4.74 Å². The van der Waals surface area contributed by atoms with Gasteiger partial charge in [-0.1, -0.05) is 24.3 Å². The van der Waals surface area contributed by atoms with Crippen LogP contribution in [0.4, 0.5) is 5.82 Å². The van der Waals surface area contributed by atoms with Gasteiger partial charge in [-0.05, 0) is 72.7 Å². The van der Waals surface area contributed by atoms with E-state index in [0.717, 1.165) is 36.1 Å². The first-order chi connectivity index (χ1) is 14.2. The summed E-state index contributed by atoms with van der Waals surface area (Å²) in [4.78, 5) is 28.3. The summed E-state index contributed by atoms with van der Waals surface area (Å²) in [6.45, 7) is 0.581. The predicted octanol–water partition coefficient (Wildman–Crippen LogP) is 4.35. The van der Waals surface area contributed by atoms with Gasteiger partial charge in [0, 0.05) is 18.5 Å². The molecule has 1 aliphatic carbocycles. The number of rotatable bonds is 6. The number of amides is 1. The maximum Gasteiger partial charge on any atom is 0.225 e. The summed E-state index contributed by atoms with van der Waals surface area (Å²) in [7, 11) is 0. The summed E-state index contributed by atoms with van der Waals surface area (Å²) in [6, 6.07) is 11.8. The van der Waals surface area contributed by atoms with E-state index in [9.17, 15) is 9.59 Å². The highest BCUT2D eigenvalue weighted by Crippen LogP contribution is 2.26. The van der Waals surface area contributed by atoms with E-state index < -0.39 is 0 Å². The zero-order valence-corrected chi connectivity index (χ0v) is 16.3. The number of aromatic nitrogens is 1. The van der Waals surface area contributed by atoms with Crippen molar-refractivity contribution in [2.45, 2.75) is 32.1 Å². The minimum Gasteiger partial charge on any atom is -0.489 e. The summed E-state index contributed by atoms with van der Waals surface area (Å²) < 4.78 is 5.80. The van der Waals surface area contributed by atoms with Crippen molar-refractivity contribution >= 4 is 23.6 Å². The number of hydrogen-bond acceptors (Lipinski definition) is 4. The van der Waals surface area contributed by atoms with Crippen LogP contribution in [0.2, 0.25) is 0 Å². The van der Waals surface area contributed by atoms with Crippen LogP contribution in [-0.4, -0.2) is 23.3 Å². The number of benzene rings is 1. The van der Waals surface area contributed by atoms with Crippen molar-refractivity contribution in [3.8, 4) is 5.75 Å². The van der Waals surface area contributed by atoms with E-state index in [1.807, 2.05) is 42.5 Å². The first kappa shape index (κ1) is 19.1. The van der Waals surface area contributed by atoms with Gasteiger partial charge in [0.1, 0.15) is 18.2 Å². The Morgan fingerprint density at radius 3 is 2.86 bits per heavy atom. The maximum atomic E-state index is 12.6. The molecule has 1 atom stereocenters. The van der Waals surface area contributed by atoms with Gasteiger partial charge in [-0.3, -0.25) is 9.59 Å². The molecule has 1 unspecified atom stereocenters. The Morgan fingerprint density at radius 2 is 2.07 bits per heavy atom. The zero-order chi connectivity index (χ0) is 20.1. The Bertz CT molecular complexity index is 963. The minimum atomic E-state index is 0.00219. The van der Waals surface area contributed by atoms with Gasteiger partial charge < -0.3 is 10.1 Å². The lowest BCUT2D eigenvalue weighted by molar-refractivity contribution is -0.118. The van der Waals surface area contributed by atoms with Gasteiger partial charge in [0.25, 0.3) is 0 Å². The molecule has 1 N–H and O–H groups in total. The fraction of sp³-hybridized carbons (Fsp3) is 0.292. The van der Waals surface area contributed by atoms with Crippen LogP contribution in [0.5, 0.6) is 5.75 Å². The molecule has 0 saturated heterocycles. The Hall–Kier alpha value is -3.21. The average Bonchev–Trinajstić information content (AvgIpc) is 2.77. The Morgan fingerprint density at radius 1 is 1.21 bits per heavy atom. The first-order valence-corrected chi connectivity index (χ1v) is 10.0. The van der Waals surface area contributed by atoms with Crippen LogP contribution in [0.25, 0.3) is 6.08 Å². The standard InChI is InChI=1S/C24H24N2O3/c27-22(12-8-18-14-20-11-13-23(28)26-24(20)25-15-18)19-9-6-17(7-10-19)16-29-21-4-2-1-3-5-21/h1-6,8,12,14-15,19H,7,9-11,13,16H2,(H,25,26,28). The minimum absolute atomic E-state index is 0.00219. The fourth-order valence-corrected chi connectivity index (χ4v) is 3.65. The first-order valence-electron chi connectivity index (χ1n) is 10.0. The number of para-hydroxylation sites is 1. The van der Waals surface area contributed by atoms with E-state index in [1.165, 1.54) is 5.57 Å². The zero-order valence-electron chi connectivity index (χ0n) is 16.3. The molecule has 2 aromatic rings. The number of pyridine rings is 1. The van der Waals surface area contributed by atoms with Crippen LogP contribution in [0.15, 0.2) is 60.3 Å². The van der Waals surface area contributed by atoms with Gasteiger partial charge in [-0.2, -0.15) is 0 Å². The lowest BCUT2D eigenvalue weighted by Crippen LogP contribution is -2.20. The molecular formula is C24H24N2O3. The van der Waals surface area contributed by atoms with Crippen molar-refractivity contribution in [2.75, 3.05) is 11.9 Å². The molecule has 0 bridgehead atoms. The summed E-state index contributed by atoms with van der Waals surface area (Å²) in [5, 5.41) is 2.77. The second-order valence-corrected chi connectivity index (χ2v) is 7.50. The lowest BCUT2D eigenvalue weighted by Gasteiger charge is -2.20. The molecule has 0 spiro atoms.